The van der Waals surface area contributed by atoms with E-state index in [0.717, 1.165) is 11.7 Å². The second-order valence-corrected chi connectivity index (χ2v) is 4.94. The van der Waals surface area contributed by atoms with Gasteiger partial charge in [-0.15, -0.1) is 0 Å². The molecular formula is C13H18O. The molecular weight excluding hydrogens is 172 g/mol. The number of hydrogen-bond donors (Lipinski definition) is 0. The summed E-state index contributed by atoms with van der Waals surface area (Å²) >= 11 is 0. The smallest absolute Gasteiger partial charge is 0.118 e. The molecule has 1 heteroatoms. The van der Waals surface area contributed by atoms with E-state index in [2.05, 4.69) is 26.0 Å². The number of methoxy groups -OCH3 is 1. The summed E-state index contributed by atoms with van der Waals surface area (Å²) in [6.45, 7) is 4.70. The Labute approximate surface area is 86.1 Å². The van der Waals surface area contributed by atoms with E-state index < -0.39 is 0 Å². The summed E-state index contributed by atoms with van der Waals surface area (Å²) in [6.07, 6.45) is 2.59. The van der Waals surface area contributed by atoms with E-state index in [1.54, 1.807) is 7.11 Å². The third-order valence-electron chi connectivity index (χ3n) is 3.36. The van der Waals surface area contributed by atoms with E-state index in [1.165, 1.54) is 18.4 Å². The molecule has 1 aliphatic carbocycles. The van der Waals surface area contributed by atoms with Gasteiger partial charge in [0.2, 0.25) is 0 Å². The second kappa shape index (κ2) is 3.30. The third kappa shape index (κ3) is 1.92. The van der Waals surface area contributed by atoms with Crippen LogP contribution in [-0.4, -0.2) is 7.11 Å². The van der Waals surface area contributed by atoms with Gasteiger partial charge in [0.25, 0.3) is 0 Å². The summed E-state index contributed by atoms with van der Waals surface area (Å²) in [5, 5.41) is 0. The van der Waals surface area contributed by atoms with Crippen molar-refractivity contribution in [2.24, 2.45) is 11.3 Å². The molecule has 0 aromatic heterocycles. The van der Waals surface area contributed by atoms with Crippen LogP contribution >= 0.6 is 0 Å². The summed E-state index contributed by atoms with van der Waals surface area (Å²) in [5.41, 5.74) is 2.02. The Balaban J connectivity index is 1.98. The summed E-state index contributed by atoms with van der Waals surface area (Å²) < 4.78 is 5.13. The van der Waals surface area contributed by atoms with Crippen molar-refractivity contribution in [1.82, 2.24) is 0 Å². The van der Waals surface area contributed by atoms with Crippen LogP contribution in [0.1, 0.15) is 25.8 Å². The molecule has 0 spiro atoms. The van der Waals surface area contributed by atoms with Crippen LogP contribution in [0, 0.1) is 11.3 Å². The number of benzene rings is 1. The average Bonchev–Trinajstić information content (AvgIpc) is 2.75. The maximum atomic E-state index is 5.13. The highest BCUT2D eigenvalue weighted by molar-refractivity contribution is 5.28. The fourth-order valence-corrected chi connectivity index (χ4v) is 1.97. The highest BCUT2D eigenvalue weighted by Crippen LogP contribution is 2.53. The van der Waals surface area contributed by atoms with E-state index in [1.807, 2.05) is 12.1 Å². The van der Waals surface area contributed by atoms with Crippen molar-refractivity contribution < 1.29 is 4.74 Å². The first-order valence-electron chi connectivity index (χ1n) is 5.25. The molecule has 0 aliphatic heterocycles. The first-order chi connectivity index (χ1) is 6.62. The van der Waals surface area contributed by atoms with E-state index in [9.17, 15) is 0 Å². The molecule has 76 valence electrons. The topological polar surface area (TPSA) is 9.23 Å². The zero-order chi connectivity index (χ0) is 10.2. The van der Waals surface area contributed by atoms with Crippen molar-refractivity contribution in [3.05, 3.63) is 29.8 Å². The van der Waals surface area contributed by atoms with Crippen molar-refractivity contribution in [3.63, 3.8) is 0 Å². The standard InChI is InChI=1S/C13H18O/c1-13(2)9-11(13)8-10-4-6-12(14-3)7-5-10/h4-7,11H,8-9H2,1-3H3. The fourth-order valence-electron chi connectivity index (χ4n) is 1.97. The van der Waals surface area contributed by atoms with E-state index in [0.29, 0.717) is 5.41 Å². The van der Waals surface area contributed by atoms with Crippen LogP contribution in [0.5, 0.6) is 5.75 Å². The third-order valence-corrected chi connectivity index (χ3v) is 3.36. The zero-order valence-corrected chi connectivity index (χ0v) is 9.21. The molecule has 2 rings (SSSR count). The van der Waals surface area contributed by atoms with Crippen LogP contribution in [0.15, 0.2) is 24.3 Å². The van der Waals surface area contributed by atoms with Crippen LogP contribution in [0.4, 0.5) is 0 Å². The van der Waals surface area contributed by atoms with Crippen molar-refractivity contribution in [2.45, 2.75) is 26.7 Å². The Morgan fingerprint density at radius 3 is 2.29 bits per heavy atom. The highest BCUT2D eigenvalue weighted by Gasteiger charge is 2.44. The fraction of sp³-hybridized carbons (Fsp3) is 0.538. The van der Waals surface area contributed by atoms with Gasteiger partial charge >= 0.3 is 0 Å². The molecule has 0 saturated heterocycles. The van der Waals surface area contributed by atoms with Crippen molar-refractivity contribution in [3.8, 4) is 5.75 Å². The van der Waals surface area contributed by atoms with Crippen molar-refractivity contribution in [1.29, 1.82) is 0 Å². The first kappa shape index (κ1) is 9.57. The van der Waals surface area contributed by atoms with Gasteiger partial charge in [0.15, 0.2) is 0 Å². The number of rotatable bonds is 3. The Morgan fingerprint density at radius 2 is 1.86 bits per heavy atom. The predicted octanol–water partition coefficient (Wildman–Crippen LogP) is 3.28. The Morgan fingerprint density at radius 1 is 1.29 bits per heavy atom. The Bertz CT molecular complexity index is 311. The molecule has 1 fully saturated rings. The van der Waals surface area contributed by atoms with Gasteiger partial charge in [-0.05, 0) is 41.9 Å². The van der Waals surface area contributed by atoms with E-state index >= 15 is 0 Å². The number of ether oxygens (including phenoxy) is 1. The van der Waals surface area contributed by atoms with Crippen molar-refractivity contribution in [2.75, 3.05) is 7.11 Å². The van der Waals surface area contributed by atoms with Crippen LogP contribution < -0.4 is 4.74 Å². The lowest BCUT2D eigenvalue weighted by Gasteiger charge is -2.04. The molecule has 14 heavy (non-hydrogen) atoms. The van der Waals surface area contributed by atoms with Gasteiger partial charge in [-0.2, -0.15) is 0 Å². The molecule has 1 nitrogen and oxygen atoms in total. The lowest BCUT2D eigenvalue weighted by Crippen LogP contribution is -1.94. The van der Waals surface area contributed by atoms with Gasteiger partial charge in [-0.1, -0.05) is 26.0 Å². The van der Waals surface area contributed by atoms with Crippen LogP contribution in [-0.2, 0) is 6.42 Å². The van der Waals surface area contributed by atoms with E-state index in [4.69, 9.17) is 4.74 Å². The minimum atomic E-state index is 0.583. The van der Waals surface area contributed by atoms with Gasteiger partial charge < -0.3 is 4.74 Å². The molecule has 0 bridgehead atoms. The SMILES string of the molecule is COc1ccc(CC2CC2(C)C)cc1. The molecule has 0 heterocycles. The lowest BCUT2D eigenvalue weighted by atomic mass is 10.0. The first-order valence-corrected chi connectivity index (χ1v) is 5.25. The Hall–Kier alpha value is -0.980. The summed E-state index contributed by atoms with van der Waals surface area (Å²) in [4.78, 5) is 0. The van der Waals surface area contributed by atoms with Crippen molar-refractivity contribution >= 4 is 0 Å². The molecule has 1 aromatic carbocycles. The van der Waals surface area contributed by atoms with Gasteiger partial charge in [0, 0.05) is 0 Å². The van der Waals surface area contributed by atoms with Crippen LogP contribution in [0.2, 0.25) is 0 Å². The molecule has 1 aromatic rings. The quantitative estimate of drug-likeness (QED) is 0.710. The van der Waals surface area contributed by atoms with Gasteiger partial charge in [-0.25, -0.2) is 0 Å². The van der Waals surface area contributed by atoms with Gasteiger partial charge in [-0.3, -0.25) is 0 Å². The normalized spacial score (nSPS) is 23.2. The maximum Gasteiger partial charge on any atom is 0.118 e. The van der Waals surface area contributed by atoms with E-state index in [-0.39, 0.29) is 0 Å². The molecule has 0 N–H and O–H groups in total. The van der Waals surface area contributed by atoms with Gasteiger partial charge in [0.1, 0.15) is 5.75 Å². The average molecular weight is 190 g/mol. The molecule has 1 atom stereocenters. The molecule has 1 aliphatic rings. The Kier molecular flexibility index (Phi) is 2.26. The monoisotopic (exact) mass is 190 g/mol. The zero-order valence-electron chi connectivity index (χ0n) is 9.21. The van der Waals surface area contributed by atoms with Crippen LogP contribution in [0.25, 0.3) is 0 Å². The van der Waals surface area contributed by atoms with Gasteiger partial charge in [0.05, 0.1) is 7.11 Å². The molecule has 0 amide bonds. The minimum Gasteiger partial charge on any atom is -0.497 e. The maximum absolute atomic E-state index is 5.13. The summed E-state index contributed by atoms with van der Waals surface area (Å²) in [5.74, 6) is 1.83. The molecule has 1 unspecified atom stereocenters. The summed E-state index contributed by atoms with van der Waals surface area (Å²) in [6, 6.07) is 8.44. The van der Waals surface area contributed by atoms with Crippen LogP contribution in [0.3, 0.4) is 0 Å². The predicted molar refractivity (Wildman–Crippen MR) is 58.6 cm³/mol. The molecule has 0 radical (unpaired) electrons. The number of hydrogen-bond acceptors (Lipinski definition) is 1. The second-order valence-electron chi connectivity index (χ2n) is 4.94. The largest absolute Gasteiger partial charge is 0.497 e. The minimum absolute atomic E-state index is 0.583. The summed E-state index contributed by atoms with van der Waals surface area (Å²) in [7, 11) is 1.71. The lowest BCUT2D eigenvalue weighted by molar-refractivity contribution is 0.414. The molecule has 1 saturated carbocycles. The highest BCUT2D eigenvalue weighted by atomic mass is 16.5.